The fraction of sp³-hybridized carbons (Fsp3) is 0.364. The number of benzene rings is 2. The third kappa shape index (κ3) is 4.50. The Morgan fingerprint density at radius 2 is 1.68 bits per heavy atom. The first kappa shape index (κ1) is 19.9. The highest BCUT2D eigenvalue weighted by Gasteiger charge is 2.34. The largest absolute Gasteiger partial charge is 0.497 e. The van der Waals surface area contributed by atoms with E-state index in [0.29, 0.717) is 18.7 Å². The maximum atomic E-state index is 13.4. The standard InChI is InChI=1S/C22H25FN2O3/c1-16(26)25(15-17-5-11-20(28-2)12-6-17)21(18-7-9-19(23)10-8-18)22(27)24-13-3-4-14-24/h5-12,21H,3-4,13-15H2,1-2H3. The monoisotopic (exact) mass is 384 g/mol. The smallest absolute Gasteiger partial charge is 0.250 e. The summed E-state index contributed by atoms with van der Waals surface area (Å²) in [5.41, 5.74) is 1.50. The summed E-state index contributed by atoms with van der Waals surface area (Å²) in [5.74, 6) is 0.0208. The molecule has 1 heterocycles. The van der Waals surface area contributed by atoms with E-state index in [1.807, 2.05) is 24.3 Å². The summed E-state index contributed by atoms with van der Waals surface area (Å²) >= 11 is 0. The van der Waals surface area contributed by atoms with Crippen molar-refractivity contribution >= 4 is 11.8 Å². The molecule has 2 amide bonds. The summed E-state index contributed by atoms with van der Waals surface area (Å²) in [6.07, 6.45) is 1.92. The molecule has 0 radical (unpaired) electrons. The van der Waals surface area contributed by atoms with Gasteiger partial charge >= 0.3 is 0 Å². The molecule has 1 aliphatic rings. The lowest BCUT2D eigenvalue weighted by molar-refractivity contribution is -0.145. The number of methoxy groups -OCH3 is 1. The lowest BCUT2D eigenvalue weighted by atomic mass is 10.0. The zero-order valence-corrected chi connectivity index (χ0v) is 16.2. The van der Waals surface area contributed by atoms with Crippen LogP contribution in [0.25, 0.3) is 0 Å². The number of halogens is 1. The first-order chi connectivity index (χ1) is 13.5. The predicted octanol–water partition coefficient (Wildman–Crippen LogP) is 3.55. The van der Waals surface area contributed by atoms with Crippen LogP contribution in [0.4, 0.5) is 4.39 Å². The number of hydrogen-bond acceptors (Lipinski definition) is 3. The number of ether oxygens (including phenoxy) is 1. The Labute approximate surface area is 164 Å². The van der Waals surface area contributed by atoms with Crippen LogP contribution in [0.2, 0.25) is 0 Å². The van der Waals surface area contributed by atoms with Crippen LogP contribution in [0.3, 0.4) is 0 Å². The van der Waals surface area contributed by atoms with Crippen molar-refractivity contribution in [3.8, 4) is 5.75 Å². The summed E-state index contributed by atoms with van der Waals surface area (Å²) < 4.78 is 18.6. The van der Waals surface area contributed by atoms with Crippen molar-refractivity contribution in [2.24, 2.45) is 0 Å². The number of amides is 2. The van der Waals surface area contributed by atoms with Gasteiger partial charge in [-0.1, -0.05) is 24.3 Å². The van der Waals surface area contributed by atoms with E-state index in [9.17, 15) is 14.0 Å². The minimum atomic E-state index is -0.779. The second-order valence-electron chi connectivity index (χ2n) is 6.98. The lowest BCUT2D eigenvalue weighted by Gasteiger charge is -2.33. The quantitative estimate of drug-likeness (QED) is 0.765. The average Bonchev–Trinajstić information content (AvgIpc) is 3.24. The highest BCUT2D eigenvalue weighted by molar-refractivity contribution is 5.88. The molecule has 0 spiro atoms. The molecule has 0 aliphatic carbocycles. The molecule has 1 aliphatic heterocycles. The van der Waals surface area contributed by atoms with E-state index in [0.717, 1.165) is 24.2 Å². The van der Waals surface area contributed by atoms with Gasteiger partial charge in [0.2, 0.25) is 11.8 Å². The van der Waals surface area contributed by atoms with Gasteiger partial charge in [-0.05, 0) is 48.2 Å². The maximum absolute atomic E-state index is 13.4. The van der Waals surface area contributed by atoms with Crippen LogP contribution in [-0.4, -0.2) is 41.8 Å². The van der Waals surface area contributed by atoms with E-state index in [1.54, 1.807) is 29.0 Å². The number of carbonyl (C=O) groups is 2. The second kappa shape index (κ2) is 8.87. The van der Waals surface area contributed by atoms with Crippen LogP contribution >= 0.6 is 0 Å². The minimum Gasteiger partial charge on any atom is -0.497 e. The van der Waals surface area contributed by atoms with Gasteiger partial charge in [-0.3, -0.25) is 9.59 Å². The SMILES string of the molecule is COc1ccc(CN(C(C)=O)C(C(=O)N2CCCC2)c2ccc(F)cc2)cc1. The fourth-order valence-electron chi connectivity index (χ4n) is 3.52. The van der Waals surface area contributed by atoms with E-state index in [4.69, 9.17) is 4.74 Å². The normalized spacial score (nSPS) is 14.6. The van der Waals surface area contributed by atoms with Crippen molar-refractivity contribution in [3.63, 3.8) is 0 Å². The molecular formula is C22H25FN2O3. The molecule has 2 aromatic rings. The van der Waals surface area contributed by atoms with E-state index < -0.39 is 6.04 Å². The molecule has 2 aromatic carbocycles. The highest BCUT2D eigenvalue weighted by Crippen LogP contribution is 2.28. The molecule has 1 atom stereocenters. The molecule has 1 fully saturated rings. The predicted molar refractivity (Wildman–Crippen MR) is 104 cm³/mol. The topological polar surface area (TPSA) is 49.9 Å². The summed E-state index contributed by atoms with van der Waals surface area (Å²) in [7, 11) is 1.59. The first-order valence-corrected chi connectivity index (χ1v) is 9.44. The Bertz CT molecular complexity index is 815. The Hall–Kier alpha value is -2.89. The summed E-state index contributed by atoms with van der Waals surface area (Å²) in [5, 5.41) is 0. The minimum absolute atomic E-state index is 0.118. The van der Waals surface area contributed by atoms with Crippen molar-refractivity contribution < 1.29 is 18.7 Å². The highest BCUT2D eigenvalue weighted by atomic mass is 19.1. The Morgan fingerprint density at radius 1 is 1.07 bits per heavy atom. The number of hydrogen-bond donors (Lipinski definition) is 0. The van der Waals surface area contributed by atoms with Gasteiger partial charge in [0.1, 0.15) is 17.6 Å². The van der Waals surface area contributed by atoms with Crippen LogP contribution in [-0.2, 0) is 16.1 Å². The molecule has 0 saturated carbocycles. The van der Waals surface area contributed by atoms with Crippen molar-refractivity contribution in [1.82, 2.24) is 9.80 Å². The number of likely N-dealkylation sites (tertiary alicyclic amines) is 1. The van der Waals surface area contributed by atoms with Gasteiger partial charge in [-0.15, -0.1) is 0 Å². The van der Waals surface area contributed by atoms with Crippen molar-refractivity contribution in [2.45, 2.75) is 32.4 Å². The van der Waals surface area contributed by atoms with Gasteiger partial charge in [0.25, 0.3) is 0 Å². The fourth-order valence-corrected chi connectivity index (χ4v) is 3.52. The second-order valence-corrected chi connectivity index (χ2v) is 6.98. The zero-order valence-electron chi connectivity index (χ0n) is 16.2. The Morgan fingerprint density at radius 3 is 2.21 bits per heavy atom. The molecule has 5 nitrogen and oxygen atoms in total. The van der Waals surface area contributed by atoms with Crippen molar-refractivity contribution in [1.29, 1.82) is 0 Å². The van der Waals surface area contributed by atoms with Gasteiger partial charge in [-0.25, -0.2) is 4.39 Å². The van der Waals surface area contributed by atoms with Crippen LogP contribution < -0.4 is 4.74 Å². The Kier molecular flexibility index (Phi) is 6.29. The molecule has 0 N–H and O–H groups in total. The molecule has 0 aromatic heterocycles. The van der Waals surface area contributed by atoms with Crippen LogP contribution in [0.1, 0.15) is 36.9 Å². The van der Waals surface area contributed by atoms with E-state index in [1.165, 1.54) is 19.1 Å². The maximum Gasteiger partial charge on any atom is 0.250 e. The lowest BCUT2D eigenvalue weighted by Crippen LogP contribution is -2.43. The Balaban J connectivity index is 1.94. The van der Waals surface area contributed by atoms with E-state index in [2.05, 4.69) is 0 Å². The molecular weight excluding hydrogens is 359 g/mol. The first-order valence-electron chi connectivity index (χ1n) is 9.44. The third-order valence-corrected chi connectivity index (χ3v) is 5.07. The van der Waals surface area contributed by atoms with Gasteiger partial charge in [0, 0.05) is 26.6 Å². The summed E-state index contributed by atoms with van der Waals surface area (Å²) in [6, 6.07) is 12.4. The van der Waals surface area contributed by atoms with Crippen LogP contribution in [0.5, 0.6) is 5.75 Å². The molecule has 1 saturated heterocycles. The summed E-state index contributed by atoms with van der Waals surface area (Å²) in [4.78, 5) is 29.2. The number of rotatable bonds is 6. The number of nitrogens with zero attached hydrogens (tertiary/aromatic N) is 2. The molecule has 28 heavy (non-hydrogen) atoms. The average molecular weight is 384 g/mol. The third-order valence-electron chi connectivity index (χ3n) is 5.07. The molecule has 148 valence electrons. The molecule has 3 rings (SSSR count). The summed E-state index contributed by atoms with van der Waals surface area (Å²) in [6.45, 7) is 3.11. The van der Waals surface area contributed by atoms with Crippen LogP contribution in [0.15, 0.2) is 48.5 Å². The van der Waals surface area contributed by atoms with Crippen molar-refractivity contribution in [3.05, 3.63) is 65.5 Å². The van der Waals surface area contributed by atoms with E-state index >= 15 is 0 Å². The van der Waals surface area contributed by atoms with Crippen LogP contribution in [0, 0.1) is 5.82 Å². The van der Waals surface area contributed by atoms with E-state index in [-0.39, 0.29) is 24.2 Å². The van der Waals surface area contributed by atoms with Gasteiger partial charge in [0.05, 0.1) is 7.11 Å². The molecule has 1 unspecified atom stereocenters. The van der Waals surface area contributed by atoms with Gasteiger partial charge in [-0.2, -0.15) is 0 Å². The molecule has 0 bridgehead atoms. The zero-order chi connectivity index (χ0) is 20.1. The molecule has 6 heteroatoms. The van der Waals surface area contributed by atoms with Gasteiger partial charge < -0.3 is 14.5 Å². The number of carbonyl (C=O) groups excluding carboxylic acids is 2. The van der Waals surface area contributed by atoms with Crippen molar-refractivity contribution in [2.75, 3.05) is 20.2 Å². The van der Waals surface area contributed by atoms with Gasteiger partial charge in [0.15, 0.2) is 0 Å².